The summed E-state index contributed by atoms with van der Waals surface area (Å²) in [6, 6.07) is 13.3. The molecule has 7 nitrogen and oxygen atoms in total. The van der Waals surface area contributed by atoms with Gasteiger partial charge in [0, 0.05) is 18.4 Å². The number of hydrogen-bond donors (Lipinski definition) is 3. The number of allylic oxidation sites excluding steroid dienone is 1. The van der Waals surface area contributed by atoms with Gasteiger partial charge >= 0.3 is 5.96 Å². The molecule has 2 aliphatic rings. The molecule has 3 aromatic rings. The molecule has 2 aromatic carbocycles. The number of ketones is 1. The van der Waals surface area contributed by atoms with Crippen LogP contribution in [0.15, 0.2) is 53.7 Å². The number of methoxy groups -OCH3 is 2. The average Bonchev–Trinajstić information content (AvgIpc) is 3.19. The third-order valence-corrected chi connectivity index (χ3v) is 7.00. The number of hydrogen-bond acceptors (Lipinski definition) is 7. The standard InChI is InChI=1S/C25H26N4O3S/c1-25(2)12-17-21(18(30)13-25)22(15-11-14(31-3)9-10-19(15)32-4)28-23(26-17)29-24-27-16-7-5-6-8-20(16)33-24/h5-11,22H,12-13H2,1-4H3,(H2,26,27,28,29)/p+1/t22-/m1/s1. The minimum atomic E-state index is -0.383. The van der Waals surface area contributed by atoms with Gasteiger partial charge in [-0.25, -0.2) is 15.6 Å². The summed E-state index contributed by atoms with van der Waals surface area (Å²) in [6.07, 6.45) is 1.27. The number of anilines is 1. The Balaban J connectivity index is 1.60. The van der Waals surface area contributed by atoms with Crippen LogP contribution in [0.2, 0.25) is 0 Å². The molecule has 0 spiro atoms. The van der Waals surface area contributed by atoms with Gasteiger partial charge in [-0.1, -0.05) is 37.3 Å². The van der Waals surface area contributed by atoms with E-state index < -0.39 is 0 Å². The Morgan fingerprint density at radius 1 is 1.15 bits per heavy atom. The Morgan fingerprint density at radius 3 is 2.73 bits per heavy atom. The van der Waals surface area contributed by atoms with Crippen molar-refractivity contribution in [1.82, 2.24) is 10.3 Å². The summed E-state index contributed by atoms with van der Waals surface area (Å²) in [5.41, 5.74) is 3.34. The zero-order valence-corrected chi connectivity index (χ0v) is 19.9. The van der Waals surface area contributed by atoms with Crippen molar-refractivity contribution in [3.8, 4) is 11.5 Å². The van der Waals surface area contributed by atoms with Gasteiger partial charge in [0.25, 0.3) is 5.13 Å². The van der Waals surface area contributed by atoms with Crippen molar-refractivity contribution in [2.75, 3.05) is 19.5 Å². The first-order valence-electron chi connectivity index (χ1n) is 10.9. The van der Waals surface area contributed by atoms with Crippen LogP contribution in [-0.4, -0.2) is 30.9 Å². The van der Waals surface area contributed by atoms with Crippen LogP contribution in [0, 0.1) is 5.41 Å². The van der Waals surface area contributed by atoms with Crippen LogP contribution in [0.3, 0.4) is 0 Å². The Hall–Kier alpha value is -3.39. The molecular formula is C25H27N4O3S+. The normalized spacial score (nSPS) is 19.6. The minimum absolute atomic E-state index is 0.121. The highest BCUT2D eigenvalue weighted by Gasteiger charge is 2.42. The van der Waals surface area contributed by atoms with Crippen LogP contribution in [0.4, 0.5) is 5.13 Å². The fourth-order valence-electron chi connectivity index (χ4n) is 4.58. The van der Waals surface area contributed by atoms with Gasteiger partial charge in [0.05, 0.1) is 35.7 Å². The number of para-hydroxylation sites is 1. The third kappa shape index (κ3) is 4.06. The highest BCUT2D eigenvalue weighted by atomic mass is 32.1. The number of nitrogens with zero attached hydrogens (tertiary/aromatic N) is 1. The molecule has 5 rings (SSSR count). The zero-order chi connectivity index (χ0) is 23.2. The van der Waals surface area contributed by atoms with Crippen molar-refractivity contribution in [2.45, 2.75) is 32.7 Å². The highest BCUT2D eigenvalue weighted by Crippen LogP contribution is 2.41. The molecule has 170 valence electrons. The van der Waals surface area contributed by atoms with Crippen molar-refractivity contribution in [3.05, 3.63) is 59.3 Å². The molecular weight excluding hydrogens is 436 g/mol. The molecule has 0 bridgehead atoms. The van der Waals surface area contributed by atoms with Crippen LogP contribution in [0.5, 0.6) is 11.5 Å². The molecule has 0 saturated carbocycles. The fourth-order valence-corrected chi connectivity index (χ4v) is 5.45. The molecule has 1 atom stereocenters. The maximum atomic E-state index is 13.3. The lowest BCUT2D eigenvalue weighted by molar-refractivity contribution is -0.502. The van der Waals surface area contributed by atoms with Gasteiger partial charge in [-0.2, -0.15) is 0 Å². The topological polar surface area (TPSA) is 86.4 Å². The summed E-state index contributed by atoms with van der Waals surface area (Å²) >= 11 is 1.58. The van der Waals surface area contributed by atoms with Gasteiger partial charge in [0.15, 0.2) is 5.78 Å². The Kier molecular flexibility index (Phi) is 5.32. The number of rotatable bonds is 4. The maximum Gasteiger partial charge on any atom is 0.355 e. The second kappa shape index (κ2) is 8.19. The number of nitrogens with one attached hydrogen (secondary N) is 3. The fraction of sp³-hybridized carbons (Fsp3) is 0.320. The predicted molar refractivity (Wildman–Crippen MR) is 130 cm³/mol. The number of carbonyl (C=O) groups is 1. The van der Waals surface area contributed by atoms with E-state index in [1.165, 1.54) is 0 Å². The molecule has 8 heteroatoms. The lowest BCUT2D eigenvalue weighted by Crippen LogP contribution is -2.82. The molecule has 1 aliphatic carbocycles. The molecule has 33 heavy (non-hydrogen) atoms. The number of guanidine groups is 1. The monoisotopic (exact) mass is 463 g/mol. The summed E-state index contributed by atoms with van der Waals surface area (Å²) in [6.45, 7) is 4.25. The average molecular weight is 464 g/mol. The van der Waals surface area contributed by atoms with E-state index in [-0.39, 0.29) is 17.2 Å². The van der Waals surface area contributed by atoms with Crippen molar-refractivity contribution < 1.29 is 19.3 Å². The van der Waals surface area contributed by atoms with E-state index in [9.17, 15) is 4.79 Å². The van der Waals surface area contributed by atoms with Crippen LogP contribution >= 0.6 is 11.3 Å². The Morgan fingerprint density at radius 2 is 1.97 bits per heavy atom. The molecule has 0 fully saturated rings. The van der Waals surface area contributed by atoms with Crippen molar-refractivity contribution >= 4 is 38.4 Å². The lowest BCUT2D eigenvalue weighted by atomic mass is 9.73. The predicted octanol–water partition coefficient (Wildman–Crippen LogP) is 3.15. The van der Waals surface area contributed by atoms with Crippen molar-refractivity contribution in [2.24, 2.45) is 5.41 Å². The molecule has 1 aliphatic heterocycles. The minimum Gasteiger partial charge on any atom is -0.497 e. The van der Waals surface area contributed by atoms with E-state index in [0.29, 0.717) is 23.9 Å². The quantitative estimate of drug-likeness (QED) is 0.551. The second-order valence-corrected chi connectivity index (χ2v) is 10.2. The molecule has 3 N–H and O–H groups in total. The van der Waals surface area contributed by atoms with E-state index in [2.05, 4.69) is 35.5 Å². The zero-order valence-electron chi connectivity index (χ0n) is 19.1. The summed E-state index contributed by atoms with van der Waals surface area (Å²) < 4.78 is 12.2. The number of aromatic nitrogens is 1. The first-order valence-corrected chi connectivity index (χ1v) is 11.7. The number of carbonyl (C=O) groups excluding carboxylic acids is 1. The Labute approximate surface area is 196 Å². The van der Waals surface area contributed by atoms with Crippen molar-refractivity contribution in [1.29, 1.82) is 0 Å². The van der Waals surface area contributed by atoms with E-state index in [1.807, 2.05) is 36.4 Å². The summed E-state index contributed by atoms with van der Waals surface area (Å²) in [4.78, 5) is 21.5. The van der Waals surface area contributed by atoms with Gasteiger partial charge in [0.1, 0.15) is 17.5 Å². The summed E-state index contributed by atoms with van der Waals surface area (Å²) in [5, 5.41) is 7.61. The third-order valence-electron chi connectivity index (χ3n) is 6.05. The van der Waals surface area contributed by atoms with Gasteiger partial charge < -0.3 is 9.47 Å². The highest BCUT2D eigenvalue weighted by molar-refractivity contribution is 7.22. The smallest absolute Gasteiger partial charge is 0.355 e. The first-order chi connectivity index (χ1) is 15.9. The van der Waals surface area contributed by atoms with Gasteiger partial charge in [-0.3, -0.25) is 9.79 Å². The second-order valence-electron chi connectivity index (χ2n) is 9.13. The largest absolute Gasteiger partial charge is 0.497 e. The molecule has 2 heterocycles. The van der Waals surface area contributed by atoms with Crippen LogP contribution < -0.4 is 25.1 Å². The number of benzene rings is 2. The summed E-state index contributed by atoms with van der Waals surface area (Å²) in [5.74, 6) is 2.22. The van der Waals surface area contributed by atoms with Gasteiger partial charge in [0.2, 0.25) is 0 Å². The van der Waals surface area contributed by atoms with Gasteiger partial charge in [-0.15, -0.1) is 0 Å². The lowest BCUT2D eigenvalue weighted by Gasteiger charge is -2.35. The van der Waals surface area contributed by atoms with E-state index in [4.69, 9.17) is 14.5 Å². The number of thiazole rings is 1. The van der Waals surface area contributed by atoms with Crippen LogP contribution in [0.1, 0.15) is 38.3 Å². The first kappa shape index (κ1) is 21.5. The Bertz CT molecular complexity index is 1270. The van der Waals surface area contributed by atoms with Crippen LogP contribution in [-0.2, 0) is 4.79 Å². The number of ether oxygens (including phenoxy) is 2. The molecule has 0 amide bonds. The number of fused-ring (bicyclic) bond motifs is 1. The molecule has 0 unspecified atom stereocenters. The van der Waals surface area contributed by atoms with Crippen LogP contribution in [0.25, 0.3) is 10.2 Å². The van der Waals surface area contributed by atoms with Gasteiger partial charge in [-0.05, 0) is 35.7 Å². The molecule has 0 radical (unpaired) electrons. The summed E-state index contributed by atoms with van der Waals surface area (Å²) in [7, 11) is 3.27. The van der Waals surface area contributed by atoms with Crippen molar-refractivity contribution in [3.63, 3.8) is 0 Å². The maximum absolute atomic E-state index is 13.3. The SMILES string of the molecule is COc1ccc(OC)c([C@H]2[NH+]=C(Nc3nc4ccccc4s3)NC3=C2C(=O)CC(C)(C)C3)c1. The number of Topliss-reactive ketones (excluding diaryl/α,β-unsaturated/α-hetero) is 1. The van der Waals surface area contributed by atoms with E-state index in [0.717, 1.165) is 38.6 Å². The molecule has 1 aromatic heterocycles. The van der Waals surface area contributed by atoms with E-state index >= 15 is 0 Å². The van der Waals surface area contributed by atoms with E-state index in [1.54, 1.807) is 25.6 Å². The molecule has 0 saturated heterocycles.